The second-order valence-corrected chi connectivity index (χ2v) is 7.27. The zero-order valence-electron chi connectivity index (χ0n) is 17.3. The normalized spacial score (nSPS) is 12.7. The van der Waals surface area contributed by atoms with Crippen molar-refractivity contribution in [3.8, 4) is 0 Å². The second kappa shape index (κ2) is 8.88. The first-order valence-corrected chi connectivity index (χ1v) is 9.88. The fraction of sp³-hybridized carbons (Fsp3) is 0.0400. The van der Waals surface area contributed by atoms with E-state index in [-0.39, 0.29) is 22.4 Å². The molecular formula is C25H17FN2O5. The molecule has 2 amide bonds. The summed E-state index contributed by atoms with van der Waals surface area (Å²) in [6.07, 6.45) is 1.63. The third kappa shape index (κ3) is 4.69. The number of nitrogens with one attached hydrogen (secondary N) is 2. The third-order valence-electron chi connectivity index (χ3n) is 4.94. The quantitative estimate of drug-likeness (QED) is 0.344. The van der Waals surface area contributed by atoms with Gasteiger partial charge in [-0.15, -0.1) is 0 Å². The van der Waals surface area contributed by atoms with Crippen molar-refractivity contribution in [2.45, 2.75) is 6.92 Å². The molecule has 0 aliphatic carbocycles. The predicted molar refractivity (Wildman–Crippen MR) is 119 cm³/mol. The van der Waals surface area contributed by atoms with E-state index < -0.39 is 29.6 Å². The summed E-state index contributed by atoms with van der Waals surface area (Å²) in [6.45, 7) is 1.61. The lowest BCUT2D eigenvalue weighted by Crippen LogP contribution is -2.13. The van der Waals surface area contributed by atoms with Crippen LogP contribution in [0.3, 0.4) is 0 Å². The number of rotatable bonds is 5. The van der Waals surface area contributed by atoms with Gasteiger partial charge in [0.05, 0.1) is 16.8 Å². The molecule has 33 heavy (non-hydrogen) atoms. The van der Waals surface area contributed by atoms with Gasteiger partial charge in [-0.3, -0.25) is 9.59 Å². The van der Waals surface area contributed by atoms with E-state index in [1.54, 1.807) is 43.3 Å². The van der Waals surface area contributed by atoms with Crippen LogP contribution < -0.4 is 10.6 Å². The summed E-state index contributed by atoms with van der Waals surface area (Å²) in [4.78, 5) is 48.0. The molecule has 0 saturated heterocycles. The molecule has 0 aromatic heterocycles. The van der Waals surface area contributed by atoms with Crippen molar-refractivity contribution in [1.82, 2.24) is 0 Å². The average molecular weight is 444 g/mol. The van der Waals surface area contributed by atoms with Crippen molar-refractivity contribution in [2.75, 3.05) is 10.6 Å². The highest BCUT2D eigenvalue weighted by atomic mass is 19.1. The number of amides is 2. The molecule has 0 radical (unpaired) electrons. The smallest absolute Gasteiger partial charge is 0.346 e. The van der Waals surface area contributed by atoms with Gasteiger partial charge >= 0.3 is 11.9 Å². The molecule has 164 valence electrons. The van der Waals surface area contributed by atoms with Crippen molar-refractivity contribution >= 4 is 41.2 Å². The van der Waals surface area contributed by atoms with Crippen LogP contribution in [-0.2, 0) is 9.53 Å². The van der Waals surface area contributed by atoms with Crippen LogP contribution in [0.4, 0.5) is 15.8 Å². The Hall–Kier alpha value is -4.59. The number of benzene rings is 3. The van der Waals surface area contributed by atoms with Crippen LogP contribution in [0.2, 0.25) is 0 Å². The van der Waals surface area contributed by atoms with E-state index >= 15 is 0 Å². The van der Waals surface area contributed by atoms with Crippen LogP contribution in [0.1, 0.15) is 43.6 Å². The molecule has 0 saturated carbocycles. The van der Waals surface area contributed by atoms with E-state index in [1.165, 1.54) is 36.4 Å². The molecule has 3 aromatic rings. The zero-order chi connectivity index (χ0) is 23.5. The summed E-state index contributed by atoms with van der Waals surface area (Å²) < 4.78 is 18.2. The lowest BCUT2D eigenvalue weighted by Gasteiger charge is -2.08. The maximum Gasteiger partial charge on any atom is 0.346 e. The summed E-state index contributed by atoms with van der Waals surface area (Å²) in [7, 11) is 0. The van der Waals surface area contributed by atoms with Crippen LogP contribution in [0, 0.1) is 5.82 Å². The molecule has 1 heterocycles. The van der Waals surface area contributed by atoms with Gasteiger partial charge in [0.2, 0.25) is 0 Å². The van der Waals surface area contributed by atoms with Crippen LogP contribution in [0.15, 0.2) is 72.3 Å². The molecular weight excluding hydrogens is 427 g/mol. The number of cyclic esters (lactones) is 2. The molecule has 1 aliphatic rings. The number of esters is 2. The van der Waals surface area contributed by atoms with Crippen LogP contribution in [-0.4, -0.2) is 23.8 Å². The van der Waals surface area contributed by atoms with Gasteiger partial charge < -0.3 is 15.4 Å². The summed E-state index contributed by atoms with van der Waals surface area (Å²) >= 11 is 0. The molecule has 0 spiro atoms. The average Bonchev–Trinajstić information content (AvgIpc) is 3.09. The maximum atomic E-state index is 13.7. The Kier molecular flexibility index (Phi) is 5.82. The molecule has 8 heteroatoms. The summed E-state index contributed by atoms with van der Waals surface area (Å²) in [5.74, 6) is -2.94. The highest BCUT2D eigenvalue weighted by molar-refractivity contribution is 6.16. The van der Waals surface area contributed by atoms with E-state index in [9.17, 15) is 23.6 Å². The van der Waals surface area contributed by atoms with Crippen molar-refractivity contribution in [3.05, 3.63) is 100 Å². The molecule has 0 bridgehead atoms. The minimum atomic E-state index is -0.782. The molecule has 2 N–H and O–H groups in total. The number of anilines is 2. The van der Waals surface area contributed by atoms with Crippen molar-refractivity contribution in [2.24, 2.45) is 0 Å². The van der Waals surface area contributed by atoms with Gasteiger partial charge in [0.1, 0.15) is 5.82 Å². The number of hydrogen-bond donors (Lipinski definition) is 2. The number of fused-ring (bicyclic) bond motifs is 1. The molecule has 7 nitrogen and oxygen atoms in total. The van der Waals surface area contributed by atoms with Gasteiger partial charge in [-0.1, -0.05) is 24.3 Å². The van der Waals surface area contributed by atoms with E-state index in [0.717, 1.165) is 0 Å². The Balaban J connectivity index is 1.42. The van der Waals surface area contributed by atoms with E-state index in [1.807, 2.05) is 0 Å². The lowest BCUT2D eigenvalue weighted by molar-refractivity contribution is -0.112. The topological polar surface area (TPSA) is 102 Å². The number of carbonyl (C=O) groups is 4. The number of carbonyl (C=O) groups excluding carboxylic acids is 4. The van der Waals surface area contributed by atoms with Gasteiger partial charge in [0, 0.05) is 16.8 Å². The number of halogens is 1. The highest BCUT2D eigenvalue weighted by Gasteiger charge is 2.30. The number of ether oxygens (including phenoxy) is 1. The van der Waals surface area contributed by atoms with Crippen molar-refractivity contribution in [1.29, 1.82) is 0 Å². The Labute approximate surface area is 187 Å². The fourth-order valence-corrected chi connectivity index (χ4v) is 3.19. The summed E-state index contributed by atoms with van der Waals surface area (Å²) in [5, 5.41) is 5.22. The first kappa shape index (κ1) is 21.6. The SMILES string of the molecule is C/C(=C\c1ccc(NC(=O)c2ccc3c(c2)C(=O)OC3=O)cc1)C(=O)Nc1ccccc1F. The first-order valence-electron chi connectivity index (χ1n) is 9.88. The fourth-order valence-electron chi connectivity index (χ4n) is 3.19. The monoisotopic (exact) mass is 444 g/mol. The van der Waals surface area contributed by atoms with Crippen LogP contribution in [0.5, 0.6) is 0 Å². The van der Waals surface area contributed by atoms with E-state index in [4.69, 9.17) is 0 Å². The predicted octanol–water partition coefficient (Wildman–Crippen LogP) is 4.43. The Bertz CT molecular complexity index is 1330. The Morgan fingerprint density at radius 3 is 2.30 bits per heavy atom. The second-order valence-electron chi connectivity index (χ2n) is 7.27. The standard InChI is InChI=1S/C25H17FN2O5/c1-14(22(29)28-21-5-3-2-4-20(21)26)12-15-6-9-17(10-7-15)27-23(30)16-8-11-18-19(13-16)25(32)33-24(18)31/h2-13H,1H3,(H,27,30)(H,28,29)/b14-12+. The van der Waals surface area contributed by atoms with Crippen molar-refractivity contribution in [3.63, 3.8) is 0 Å². The molecule has 3 aromatic carbocycles. The number of para-hydroxylation sites is 1. The summed E-state index contributed by atoms with van der Waals surface area (Å²) in [6, 6.07) is 16.7. The third-order valence-corrected chi connectivity index (χ3v) is 4.94. The van der Waals surface area contributed by atoms with Gasteiger partial charge in [0.25, 0.3) is 11.8 Å². The van der Waals surface area contributed by atoms with E-state index in [2.05, 4.69) is 15.4 Å². The van der Waals surface area contributed by atoms with Gasteiger partial charge in [0.15, 0.2) is 0 Å². The van der Waals surface area contributed by atoms with Gasteiger partial charge in [-0.25, -0.2) is 14.0 Å². The highest BCUT2D eigenvalue weighted by Crippen LogP contribution is 2.22. The number of hydrogen-bond acceptors (Lipinski definition) is 5. The lowest BCUT2D eigenvalue weighted by atomic mass is 10.1. The van der Waals surface area contributed by atoms with Crippen molar-refractivity contribution < 1.29 is 28.3 Å². The molecule has 0 unspecified atom stereocenters. The van der Waals surface area contributed by atoms with Crippen LogP contribution >= 0.6 is 0 Å². The van der Waals surface area contributed by atoms with Gasteiger partial charge in [-0.2, -0.15) is 0 Å². The molecule has 4 rings (SSSR count). The molecule has 0 atom stereocenters. The Morgan fingerprint density at radius 1 is 0.879 bits per heavy atom. The van der Waals surface area contributed by atoms with E-state index in [0.29, 0.717) is 16.8 Å². The van der Waals surface area contributed by atoms with Crippen LogP contribution in [0.25, 0.3) is 6.08 Å². The Morgan fingerprint density at radius 2 is 1.58 bits per heavy atom. The van der Waals surface area contributed by atoms with Gasteiger partial charge in [-0.05, 0) is 61.0 Å². The summed E-state index contributed by atoms with van der Waals surface area (Å²) in [5.41, 5.74) is 2.04. The zero-order valence-corrected chi connectivity index (χ0v) is 17.3. The first-order chi connectivity index (χ1) is 15.8. The minimum absolute atomic E-state index is 0.0530. The molecule has 1 aliphatic heterocycles. The molecule has 0 fully saturated rings. The minimum Gasteiger partial charge on any atom is -0.386 e. The largest absolute Gasteiger partial charge is 0.386 e. The maximum absolute atomic E-state index is 13.7.